The van der Waals surface area contributed by atoms with Crippen molar-refractivity contribution in [2.75, 3.05) is 19.8 Å². The van der Waals surface area contributed by atoms with E-state index in [0.29, 0.717) is 25.6 Å². The summed E-state index contributed by atoms with van der Waals surface area (Å²) >= 11 is 0. The minimum Gasteiger partial charge on any atom is -0.493 e. The van der Waals surface area contributed by atoms with Crippen LogP contribution in [0.25, 0.3) is 0 Å². The van der Waals surface area contributed by atoms with Crippen molar-refractivity contribution < 1.29 is 14.6 Å². The first kappa shape index (κ1) is 14.9. The zero-order valence-electron chi connectivity index (χ0n) is 12.3. The van der Waals surface area contributed by atoms with E-state index in [9.17, 15) is 4.79 Å². The van der Waals surface area contributed by atoms with Crippen molar-refractivity contribution in [3.8, 4) is 5.75 Å². The van der Waals surface area contributed by atoms with E-state index in [4.69, 9.17) is 9.84 Å². The zero-order chi connectivity index (χ0) is 14.5. The molecule has 0 bridgehead atoms. The van der Waals surface area contributed by atoms with Crippen LogP contribution in [-0.4, -0.2) is 41.7 Å². The lowest BCUT2D eigenvalue weighted by Gasteiger charge is -2.21. The highest BCUT2D eigenvalue weighted by molar-refractivity contribution is 5.77. The monoisotopic (exact) mass is 277 g/mol. The van der Waals surface area contributed by atoms with E-state index in [2.05, 4.69) is 0 Å². The van der Waals surface area contributed by atoms with Gasteiger partial charge in [0.25, 0.3) is 0 Å². The molecule has 1 fully saturated rings. The van der Waals surface area contributed by atoms with Crippen LogP contribution in [-0.2, 0) is 4.79 Å². The summed E-state index contributed by atoms with van der Waals surface area (Å²) in [5.41, 5.74) is 2.23. The Morgan fingerprint density at radius 2 is 2.15 bits per heavy atom. The van der Waals surface area contributed by atoms with Crippen LogP contribution in [0.1, 0.15) is 30.4 Å². The summed E-state index contributed by atoms with van der Waals surface area (Å²) in [7, 11) is 0. The number of aliphatic hydroxyl groups is 1. The molecule has 1 amide bonds. The van der Waals surface area contributed by atoms with Crippen LogP contribution in [0, 0.1) is 13.8 Å². The Bertz CT molecular complexity index is 469. The van der Waals surface area contributed by atoms with Crippen LogP contribution in [0.3, 0.4) is 0 Å². The first-order valence-electron chi connectivity index (χ1n) is 7.22. The second-order valence-electron chi connectivity index (χ2n) is 5.41. The molecule has 1 saturated carbocycles. The van der Waals surface area contributed by atoms with Crippen LogP contribution < -0.4 is 4.74 Å². The van der Waals surface area contributed by atoms with Gasteiger partial charge in [0.1, 0.15) is 5.75 Å². The van der Waals surface area contributed by atoms with E-state index < -0.39 is 0 Å². The molecule has 0 aliphatic heterocycles. The number of hydrogen-bond donors (Lipinski definition) is 1. The molecule has 0 heterocycles. The third-order valence-corrected chi connectivity index (χ3v) is 3.57. The van der Waals surface area contributed by atoms with Crippen LogP contribution in [0.2, 0.25) is 0 Å². The highest BCUT2D eigenvalue weighted by Crippen LogP contribution is 2.27. The maximum Gasteiger partial charge on any atom is 0.226 e. The fourth-order valence-electron chi connectivity index (χ4n) is 2.26. The van der Waals surface area contributed by atoms with Crippen LogP contribution in [0.5, 0.6) is 5.75 Å². The molecule has 20 heavy (non-hydrogen) atoms. The summed E-state index contributed by atoms with van der Waals surface area (Å²) in [6.07, 6.45) is 2.48. The maximum absolute atomic E-state index is 12.1. The van der Waals surface area contributed by atoms with E-state index >= 15 is 0 Å². The predicted molar refractivity (Wildman–Crippen MR) is 77.8 cm³/mol. The molecule has 110 valence electrons. The molecule has 0 unspecified atom stereocenters. The number of aliphatic hydroxyl groups excluding tert-OH is 1. The van der Waals surface area contributed by atoms with E-state index in [1.165, 1.54) is 0 Å². The molecule has 1 N–H and O–H groups in total. The smallest absolute Gasteiger partial charge is 0.226 e. The number of benzene rings is 1. The third-order valence-electron chi connectivity index (χ3n) is 3.57. The standard InChI is InChI=1S/C16H23NO3/c1-12-3-4-13(2)15(11-12)20-10-7-16(19)17(8-9-18)14-5-6-14/h3-4,11,14,18H,5-10H2,1-2H3. The van der Waals surface area contributed by atoms with Gasteiger partial charge < -0.3 is 14.7 Å². The number of carbonyl (C=O) groups excluding carboxylic acids is 1. The summed E-state index contributed by atoms with van der Waals surface area (Å²) in [4.78, 5) is 13.9. The van der Waals surface area contributed by atoms with Gasteiger partial charge in [0.15, 0.2) is 0 Å². The van der Waals surface area contributed by atoms with Gasteiger partial charge in [-0.3, -0.25) is 4.79 Å². The molecule has 0 saturated heterocycles. The lowest BCUT2D eigenvalue weighted by Crippen LogP contribution is -2.36. The number of ether oxygens (including phenoxy) is 1. The predicted octanol–water partition coefficient (Wildman–Crippen LogP) is 2.06. The SMILES string of the molecule is Cc1ccc(C)c(OCCC(=O)N(CCO)C2CC2)c1. The average Bonchev–Trinajstić information content (AvgIpc) is 3.24. The van der Waals surface area contributed by atoms with Crippen molar-refractivity contribution in [3.63, 3.8) is 0 Å². The highest BCUT2D eigenvalue weighted by atomic mass is 16.5. The van der Waals surface area contributed by atoms with Crippen molar-refractivity contribution >= 4 is 5.91 Å². The molecule has 0 aromatic heterocycles. The quantitative estimate of drug-likeness (QED) is 0.830. The molecule has 1 aliphatic rings. The third kappa shape index (κ3) is 3.97. The van der Waals surface area contributed by atoms with E-state index in [1.54, 1.807) is 4.90 Å². The van der Waals surface area contributed by atoms with Crippen molar-refractivity contribution in [2.24, 2.45) is 0 Å². The highest BCUT2D eigenvalue weighted by Gasteiger charge is 2.31. The van der Waals surface area contributed by atoms with Crippen molar-refractivity contribution in [1.29, 1.82) is 0 Å². The van der Waals surface area contributed by atoms with Gasteiger partial charge in [-0.25, -0.2) is 0 Å². The first-order valence-corrected chi connectivity index (χ1v) is 7.22. The Morgan fingerprint density at radius 3 is 2.80 bits per heavy atom. The molecule has 0 spiro atoms. The topological polar surface area (TPSA) is 49.8 Å². The minimum atomic E-state index is 0.0279. The van der Waals surface area contributed by atoms with Gasteiger partial charge in [0.05, 0.1) is 19.6 Å². The van der Waals surface area contributed by atoms with Gasteiger partial charge in [-0.1, -0.05) is 12.1 Å². The minimum absolute atomic E-state index is 0.0279. The lowest BCUT2D eigenvalue weighted by molar-refractivity contribution is -0.132. The largest absolute Gasteiger partial charge is 0.493 e. The Morgan fingerprint density at radius 1 is 1.40 bits per heavy atom. The Hall–Kier alpha value is -1.55. The number of aryl methyl sites for hydroxylation is 2. The van der Waals surface area contributed by atoms with Gasteiger partial charge in [0, 0.05) is 12.6 Å². The molecule has 4 nitrogen and oxygen atoms in total. The molecular formula is C16H23NO3. The van der Waals surface area contributed by atoms with E-state index in [0.717, 1.165) is 29.7 Å². The molecule has 1 aliphatic carbocycles. The zero-order valence-corrected chi connectivity index (χ0v) is 12.3. The van der Waals surface area contributed by atoms with Crippen molar-refractivity contribution in [3.05, 3.63) is 29.3 Å². The molecular weight excluding hydrogens is 254 g/mol. The molecule has 0 radical (unpaired) electrons. The molecule has 4 heteroatoms. The summed E-state index contributed by atoms with van der Waals surface area (Å²) in [5, 5.41) is 9.01. The Labute approximate surface area is 120 Å². The maximum atomic E-state index is 12.1. The Kier molecular flexibility index (Phi) is 5.01. The molecule has 1 aromatic rings. The van der Waals surface area contributed by atoms with Crippen molar-refractivity contribution in [2.45, 2.75) is 39.2 Å². The molecule has 2 rings (SSSR count). The van der Waals surface area contributed by atoms with Crippen LogP contribution >= 0.6 is 0 Å². The van der Waals surface area contributed by atoms with Crippen LogP contribution in [0.15, 0.2) is 18.2 Å². The number of carbonyl (C=O) groups is 1. The van der Waals surface area contributed by atoms with Gasteiger partial charge in [-0.15, -0.1) is 0 Å². The van der Waals surface area contributed by atoms with Crippen molar-refractivity contribution in [1.82, 2.24) is 4.90 Å². The van der Waals surface area contributed by atoms with Gasteiger partial charge >= 0.3 is 0 Å². The number of nitrogens with zero attached hydrogens (tertiary/aromatic N) is 1. The van der Waals surface area contributed by atoms with Crippen LogP contribution in [0.4, 0.5) is 0 Å². The van der Waals surface area contributed by atoms with E-state index in [-0.39, 0.29) is 12.5 Å². The van der Waals surface area contributed by atoms with E-state index in [1.807, 2.05) is 32.0 Å². The lowest BCUT2D eigenvalue weighted by atomic mass is 10.1. The second kappa shape index (κ2) is 6.75. The second-order valence-corrected chi connectivity index (χ2v) is 5.41. The number of rotatable bonds is 7. The van der Waals surface area contributed by atoms with Gasteiger partial charge in [-0.2, -0.15) is 0 Å². The Balaban J connectivity index is 1.82. The first-order chi connectivity index (χ1) is 9.61. The van der Waals surface area contributed by atoms with Gasteiger partial charge in [0.2, 0.25) is 5.91 Å². The number of amides is 1. The normalized spacial score (nSPS) is 14.2. The summed E-state index contributed by atoms with van der Waals surface area (Å²) in [6.45, 7) is 4.87. The average molecular weight is 277 g/mol. The fourth-order valence-corrected chi connectivity index (χ4v) is 2.26. The van der Waals surface area contributed by atoms with Gasteiger partial charge in [-0.05, 0) is 43.9 Å². The summed E-state index contributed by atoms with van der Waals surface area (Å²) in [5.74, 6) is 0.921. The number of hydrogen-bond acceptors (Lipinski definition) is 3. The molecule has 1 aromatic carbocycles. The summed E-state index contributed by atoms with van der Waals surface area (Å²) < 4.78 is 5.71. The molecule has 0 atom stereocenters. The fraction of sp³-hybridized carbons (Fsp3) is 0.562. The summed E-state index contributed by atoms with van der Waals surface area (Å²) in [6, 6.07) is 6.40.